The largest absolute Gasteiger partial charge is 0.393 e. The zero-order valence-electron chi connectivity index (χ0n) is 20.7. The van der Waals surface area contributed by atoms with Crippen molar-refractivity contribution >= 4 is 0 Å². The maximum Gasteiger partial charge on any atom is 0.119 e. The first-order valence-electron chi connectivity index (χ1n) is 13.1. The van der Waals surface area contributed by atoms with E-state index in [0.717, 1.165) is 12.8 Å². The fourth-order valence-corrected chi connectivity index (χ4v) is 8.77. The summed E-state index contributed by atoms with van der Waals surface area (Å²) in [5.74, 6) is 2.59. The van der Waals surface area contributed by atoms with Crippen LogP contribution in [-0.2, 0) is 4.74 Å². The van der Waals surface area contributed by atoms with Crippen molar-refractivity contribution in [1.29, 1.82) is 0 Å². The lowest BCUT2D eigenvalue weighted by Crippen LogP contribution is -2.76. The molecule has 1 aliphatic heterocycles. The van der Waals surface area contributed by atoms with E-state index in [1.54, 1.807) is 0 Å². The van der Waals surface area contributed by atoms with Gasteiger partial charge in [0.15, 0.2) is 0 Å². The Morgan fingerprint density at radius 1 is 0.969 bits per heavy atom. The standard InChI is InChI=1S/C28H44O4/c1-18(2)19(3)6-7-20(4)22-8-9-23-25(22)12-15-28(31)24(5)11-10-21(29)16-26(24,30)13-14-27(23,28)32-17-25/h6-7,13-14,18-23,29-31H,8-12,15-17H2,1-5H3. The summed E-state index contributed by atoms with van der Waals surface area (Å²) in [5.41, 5.74) is -3.59. The summed E-state index contributed by atoms with van der Waals surface area (Å²) in [4.78, 5) is 0. The van der Waals surface area contributed by atoms with Crippen LogP contribution in [-0.4, -0.2) is 44.8 Å². The SMILES string of the molecule is CC(C)C(C)C=CC(C)C1CCC2C13CCC1(O)C2(C=CC2(O)CC(O)CCC21C)OC3. The Morgan fingerprint density at radius 3 is 2.44 bits per heavy atom. The summed E-state index contributed by atoms with van der Waals surface area (Å²) >= 11 is 0. The predicted octanol–water partition coefficient (Wildman–Crippen LogP) is 4.63. The molecule has 4 nitrogen and oxygen atoms in total. The Bertz CT molecular complexity index is 820. The fraction of sp³-hybridized carbons (Fsp3) is 0.857. The van der Waals surface area contributed by atoms with Crippen LogP contribution in [0.15, 0.2) is 24.3 Å². The summed E-state index contributed by atoms with van der Waals surface area (Å²) < 4.78 is 6.73. The molecule has 0 aromatic carbocycles. The second-order valence-electron chi connectivity index (χ2n) is 12.7. The van der Waals surface area contributed by atoms with Crippen LogP contribution in [0.3, 0.4) is 0 Å². The topological polar surface area (TPSA) is 69.9 Å². The second kappa shape index (κ2) is 7.16. The van der Waals surface area contributed by atoms with Crippen LogP contribution in [0.25, 0.3) is 0 Å². The van der Waals surface area contributed by atoms with E-state index in [1.807, 2.05) is 19.1 Å². The highest BCUT2D eigenvalue weighted by atomic mass is 16.5. The maximum absolute atomic E-state index is 12.4. The van der Waals surface area contributed by atoms with E-state index in [0.29, 0.717) is 61.9 Å². The lowest BCUT2D eigenvalue weighted by Gasteiger charge is -2.66. The molecule has 0 aromatic heterocycles. The maximum atomic E-state index is 12.4. The second-order valence-corrected chi connectivity index (χ2v) is 12.7. The summed E-state index contributed by atoms with van der Waals surface area (Å²) in [6.07, 6.45) is 13.7. The molecule has 0 aromatic rings. The highest BCUT2D eigenvalue weighted by molar-refractivity contribution is 5.39. The molecule has 4 aliphatic carbocycles. The Hall–Kier alpha value is -0.680. The zero-order chi connectivity index (χ0) is 23.2. The predicted molar refractivity (Wildman–Crippen MR) is 126 cm³/mol. The number of aliphatic hydroxyl groups excluding tert-OH is 1. The molecule has 5 aliphatic rings. The van der Waals surface area contributed by atoms with E-state index in [2.05, 4.69) is 39.8 Å². The van der Waals surface area contributed by atoms with Crippen LogP contribution in [0, 0.1) is 40.4 Å². The molecular weight excluding hydrogens is 400 g/mol. The molecule has 2 bridgehead atoms. The molecule has 4 heteroatoms. The van der Waals surface area contributed by atoms with Gasteiger partial charge in [0.1, 0.15) is 11.2 Å². The summed E-state index contributed by atoms with van der Waals surface area (Å²) in [6, 6.07) is 0. The number of aliphatic hydroxyl groups is 3. The summed E-state index contributed by atoms with van der Waals surface area (Å²) in [6.45, 7) is 12.0. The van der Waals surface area contributed by atoms with Crippen LogP contribution in [0.1, 0.15) is 79.6 Å². The molecular formula is C28H44O4. The summed E-state index contributed by atoms with van der Waals surface area (Å²) in [5, 5.41) is 34.4. The lowest BCUT2D eigenvalue weighted by molar-refractivity contribution is -0.285. The van der Waals surface area contributed by atoms with Gasteiger partial charge in [-0.1, -0.05) is 58.9 Å². The van der Waals surface area contributed by atoms with Gasteiger partial charge in [-0.2, -0.15) is 0 Å². The highest BCUT2D eigenvalue weighted by Crippen LogP contribution is 2.74. The normalized spacial score (nSPS) is 53.8. The Morgan fingerprint density at radius 2 is 1.72 bits per heavy atom. The minimum atomic E-state index is -1.18. The van der Waals surface area contributed by atoms with Gasteiger partial charge < -0.3 is 20.1 Å². The van der Waals surface area contributed by atoms with Crippen LogP contribution < -0.4 is 0 Å². The van der Waals surface area contributed by atoms with Crippen molar-refractivity contribution in [3.05, 3.63) is 24.3 Å². The molecule has 1 heterocycles. The van der Waals surface area contributed by atoms with E-state index < -0.39 is 28.3 Å². The molecule has 1 spiro atoms. The van der Waals surface area contributed by atoms with E-state index in [1.165, 1.54) is 6.42 Å². The van der Waals surface area contributed by atoms with Gasteiger partial charge in [0.25, 0.3) is 0 Å². The molecule has 0 amide bonds. The number of hydrogen-bond acceptors (Lipinski definition) is 4. The third kappa shape index (κ3) is 2.64. The third-order valence-corrected chi connectivity index (χ3v) is 11.3. The van der Waals surface area contributed by atoms with Crippen LogP contribution in [0.5, 0.6) is 0 Å². The van der Waals surface area contributed by atoms with Crippen molar-refractivity contribution in [3.63, 3.8) is 0 Å². The first-order chi connectivity index (χ1) is 14.9. The van der Waals surface area contributed by atoms with E-state index in [-0.39, 0.29) is 5.41 Å². The van der Waals surface area contributed by atoms with Gasteiger partial charge in [0, 0.05) is 23.2 Å². The molecule has 0 radical (unpaired) electrons. The first kappa shape index (κ1) is 23.1. The molecule has 4 fully saturated rings. The Kier molecular flexibility index (Phi) is 5.17. The number of fused-ring (bicyclic) bond motifs is 2. The third-order valence-electron chi connectivity index (χ3n) is 11.3. The Balaban J connectivity index is 1.50. The van der Waals surface area contributed by atoms with Crippen molar-refractivity contribution in [2.75, 3.05) is 6.61 Å². The smallest absolute Gasteiger partial charge is 0.119 e. The van der Waals surface area contributed by atoms with Gasteiger partial charge in [0.2, 0.25) is 0 Å². The van der Waals surface area contributed by atoms with Crippen molar-refractivity contribution in [1.82, 2.24) is 0 Å². The molecule has 180 valence electrons. The quantitative estimate of drug-likeness (QED) is 0.553. The summed E-state index contributed by atoms with van der Waals surface area (Å²) in [7, 11) is 0. The fourth-order valence-electron chi connectivity index (χ4n) is 8.77. The first-order valence-corrected chi connectivity index (χ1v) is 13.1. The lowest BCUT2D eigenvalue weighted by atomic mass is 9.42. The van der Waals surface area contributed by atoms with Gasteiger partial charge in [-0.25, -0.2) is 0 Å². The molecule has 10 unspecified atom stereocenters. The van der Waals surface area contributed by atoms with Gasteiger partial charge in [-0.15, -0.1) is 0 Å². The average Bonchev–Trinajstić information content (AvgIpc) is 3.23. The molecule has 32 heavy (non-hydrogen) atoms. The molecule has 10 atom stereocenters. The van der Waals surface area contributed by atoms with E-state index >= 15 is 0 Å². The minimum Gasteiger partial charge on any atom is -0.393 e. The molecule has 5 rings (SSSR count). The van der Waals surface area contributed by atoms with Gasteiger partial charge in [0.05, 0.1) is 18.3 Å². The molecule has 3 N–H and O–H groups in total. The van der Waals surface area contributed by atoms with Crippen molar-refractivity contribution in [2.24, 2.45) is 40.4 Å². The number of rotatable bonds is 4. The van der Waals surface area contributed by atoms with Gasteiger partial charge in [-0.05, 0) is 62.2 Å². The number of ether oxygens (including phenoxy) is 1. The highest BCUT2D eigenvalue weighted by Gasteiger charge is 2.79. The van der Waals surface area contributed by atoms with Crippen LogP contribution >= 0.6 is 0 Å². The molecule has 3 saturated carbocycles. The van der Waals surface area contributed by atoms with Gasteiger partial charge in [-0.3, -0.25) is 0 Å². The van der Waals surface area contributed by atoms with Crippen molar-refractivity contribution in [3.8, 4) is 0 Å². The Labute approximate surface area is 194 Å². The minimum absolute atomic E-state index is 0.112. The van der Waals surface area contributed by atoms with Crippen LogP contribution in [0.2, 0.25) is 0 Å². The van der Waals surface area contributed by atoms with Crippen LogP contribution in [0.4, 0.5) is 0 Å². The monoisotopic (exact) mass is 444 g/mol. The average molecular weight is 445 g/mol. The van der Waals surface area contributed by atoms with E-state index in [4.69, 9.17) is 4.74 Å². The number of hydrogen-bond donors (Lipinski definition) is 3. The van der Waals surface area contributed by atoms with Crippen molar-refractivity contribution in [2.45, 2.75) is 102 Å². The zero-order valence-corrected chi connectivity index (χ0v) is 20.7. The van der Waals surface area contributed by atoms with Crippen molar-refractivity contribution < 1.29 is 20.1 Å². The van der Waals surface area contributed by atoms with E-state index in [9.17, 15) is 15.3 Å². The van der Waals surface area contributed by atoms with Gasteiger partial charge >= 0.3 is 0 Å². The number of allylic oxidation sites excluding steroid dienone is 2. The molecule has 1 saturated heterocycles.